The molecule has 0 saturated heterocycles. The van der Waals surface area contributed by atoms with Gasteiger partial charge >= 0.3 is 11.9 Å². The lowest BCUT2D eigenvalue weighted by atomic mass is 10.2. The predicted octanol–water partition coefficient (Wildman–Crippen LogP) is 1.91. The van der Waals surface area contributed by atoms with Crippen LogP contribution < -0.4 is 5.56 Å². The van der Waals surface area contributed by atoms with Crippen LogP contribution in [0.4, 0.5) is 0 Å². The molecule has 142 valence electrons. The first-order valence-electron chi connectivity index (χ1n) is 8.28. The summed E-state index contributed by atoms with van der Waals surface area (Å²) in [6, 6.07) is 0. The second kappa shape index (κ2) is 8.91. The lowest BCUT2D eigenvalue weighted by molar-refractivity contribution is -0.146. The van der Waals surface area contributed by atoms with Crippen molar-refractivity contribution in [3.63, 3.8) is 0 Å². The summed E-state index contributed by atoms with van der Waals surface area (Å²) < 4.78 is 16.5. The van der Waals surface area contributed by atoms with Crippen LogP contribution in [0.3, 0.4) is 0 Å². The maximum atomic E-state index is 12.6. The smallest absolute Gasteiger partial charge is 0.348 e. The summed E-state index contributed by atoms with van der Waals surface area (Å²) in [5, 5.41) is 0.316. The van der Waals surface area contributed by atoms with Crippen LogP contribution in [-0.4, -0.2) is 47.4 Å². The van der Waals surface area contributed by atoms with Gasteiger partial charge in [-0.2, -0.15) is 0 Å². The van der Waals surface area contributed by atoms with Gasteiger partial charge in [0.1, 0.15) is 22.9 Å². The minimum absolute atomic E-state index is 0.0538. The van der Waals surface area contributed by atoms with Gasteiger partial charge in [-0.3, -0.25) is 14.2 Å². The molecule has 8 nitrogen and oxygen atoms in total. The van der Waals surface area contributed by atoms with Gasteiger partial charge in [-0.15, -0.1) is 11.3 Å². The van der Waals surface area contributed by atoms with Gasteiger partial charge in [-0.05, 0) is 33.3 Å². The van der Waals surface area contributed by atoms with Gasteiger partial charge in [0, 0.05) is 0 Å². The lowest BCUT2D eigenvalue weighted by Gasteiger charge is -2.09. The van der Waals surface area contributed by atoms with Crippen molar-refractivity contribution in [1.82, 2.24) is 9.55 Å². The Hall–Kier alpha value is -2.26. The molecule has 0 radical (unpaired) electrons. The maximum absolute atomic E-state index is 12.6. The Morgan fingerprint density at radius 1 is 1.27 bits per heavy atom. The van der Waals surface area contributed by atoms with E-state index >= 15 is 0 Å². The molecule has 26 heavy (non-hydrogen) atoms. The Bertz CT molecular complexity index is 855. The second-order valence-electron chi connectivity index (χ2n) is 5.77. The third-order valence-corrected chi connectivity index (χ3v) is 4.65. The normalized spacial score (nSPS) is 11.1. The summed E-state index contributed by atoms with van der Waals surface area (Å²) in [7, 11) is 0. The zero-order valence-electron chi connectivity index (χ0n) is 15.2. The van der Waals surface area contributed by atoms with Crippen molar-refractivity contribution in [2.75, 3.05) is 19.8 Å². The van der Waals surface area contributed by atoms with Crippen molar-refractivity contribution < 1.29 is 23.8 Å². The molecule has 2 aromatic heterocycles. The molecule has 0 aliphatic heterocycles. The van der Waals surface area contributed by atoms with Crippen LogP contribution in [0, 0.1) is 6.92 Å². The topological polar surface area (TPSA) is 96.7 Å². The highest BCUT2D eigenvalue weighted by atomic mass is 32.1. The summed E-state index contributed by atoms with van der Waals surface area (Å²) in [5.74, 6) is -1.04. The first-order valence-corrected chi connectivity index (χ1v) is 9.09. The van der Waals surface area contributed by atoms with Gasteiger partial charge < -0.3 is 14.2 Å². The summed E-state index contributed by atoms with van der Waals surface area (Å²) in [5.41, 5.74) is 0.115. The minimum Gasteiger partial charge on any atom is -0.462 e. The number of nitrogens with zero attached hydrogens (tertiary/aromatic N) is 2. The van der Waals surface area contributed by atoms with Gasteiger partial charge in [0.2, 0.25) is 0 Å². The van der Waals surface area contributed by atoms with E-state index in [0.29, 0.717) is 27.3 Å². The zero-order chi connectivity index (χ0) is 19.3. The van der Waals surface area contributed by atoms with Gasteiger partial charge in [0.25, 0.3) is 5.56 Å². The number of aromatic nitrogens is 2. The fourth-order valence-corrected chi connectivity index (χ4v) is 3.32. The van der Waals surface area contributed by atoms with E-state index in [4.69, 9.17) is 14.2 Å². The number of fused-ring (bicyclic) bond motifs is 1. The fourth-order valence-electron chi connectivity index (χ4n) is 2.29. The Morgan fingerprint density at radius 3 is 2.65 bits per heavy atom. The first kappa shape index (κ1) is 20.1. The van der Waals surface area contributed by atoms with Crippen LogP contribution in [0.5, 0.6) is 0 Å². The standard InChI is InChI=1S/C17H22N2O6S/c1-5-23-17(22)14-11(4)13-15(26-14)18-9-19(16(13)21)8-12(20)25-7-6-24-10(2)3/h9-10H,5-8H2,1-4H3. The molecule has 0 N–H and O–H groups in total. The fraction of sp³-hybridized carbons (Fsp3) is 0.529. The summed E-state index contributed by atoms with van der Waals surface area (Å²) in [4.78, 5) is 41.5. The molecule has 9 heteroatoms. The summed E-state index contributed by atoms with van der Waals surface area (Å²) in [6.45, 7) is 7.55. The first-order chi connectivity index (χ1) is 12.3. The number of aryl methyl sites for hydroxylation is 1. The Morgan fingerprint density at radius 2 is 2.00 bits per heavy atom. The number of ether oxygens (including phenoxy) is 3. The van der Waals surface area contributed by atoms with E-state index in [0.717, 1.165) is 11.3 Å². The molecule has 0 amide bonds. The number of carbonyl (C=O) groups is 2. The molecule has 0 aromatic carbocycles. The molecule has 0 unspecified atom stereocenters. The molecule has 0 aliphatic carbocycles. The molecule has 2 aromatic rings. The highest BCUT2D eigenvalue weighted by molar-refractivity contribution is 7.20. The molecule has 0 spiro atoms. The molecule has 2 rings (SSSR count). The predicted molar refractivity (Wildman–Crippen MR) is 96.6 cm³/mol. The molecule has 2 heterocycles. The second-order valence-corrected chi connectivity index (χ2v) is 6.77. The molecule has 0 atom stereocenters. The number of carbonyl (C=O) groups excluding carboxylic acids is 2. The number of thiophene rings is 1. The molecule has 0 aliphatic rings. The van der Waals surface area contributed by atoms with E-state index in [1.165, 1.54) is 10.9 Å². The van der Waals surface area contributed by atoms with Gasteiger partial charge in [-0.1, -0.05) is 0 Å². The van der Waals surface area contributed by atoms with Gasteiger partial charge in [0.05, 0.1) is 31.0 Å². The molecular weight excluding hydrogens is 360 g/mol. The van der Waals surface area contributed by atoms with Crippen molar-refractivity contribution >= 4 is 33.5 Å². The Kier molecular flexibility index (Phi) is 6.87. The number of rotatable bonds is 8. The van der Waals surface area contributed by atoms with E-state index in [1.54, 1.807) is 13.8 Å². The molecule has 0 saturated carbocycles. The number of esters is 2. The highest BCUT2D eigenvalue weighted by Crippen LogP contribution is 2.27. The average Bonchev–Trinajstić information content (AvgIpc) is 2.92. The number of hydrogen-bond donors (Lipinski definition) is 0. The van der Waals surface area contributed by atoms with Crippen molar-refractivity contribution in [2.24, 2.45) is 0 Å². The zero-order valence-corrected chi connectivity index (χ0v) is 16.1. The van der Waals surface area contributed by atoms with Crippen molar-refractivity contribution in [1.29, 1.82) is 0 Å². The largest absolute Gasteiger partial charge is 0.462 e. The van der Waals surface area contributed by atoms with Crippen LogP contribution in [-0.2, 0) is 25.5 Å². The highest BCUT2D eigenvalue weighted by Gasteiger charge is 2.20. The molecular formula is C17H22N2O6S. The monoisotopic (exact) mass is 382 g/mol. The quantitative estimate of drug-likeness (QED) is 0.508. The summed E-state index contributed by atoms with van der Waals surface area (Å²) >= 11 is 1.10. The lowest BCUT2D eigenvalue weighted by Crippen LogP contribution is -2.26. The van der Waals surface area contributed by atoms with Gasteiger partial charge in [0.15, 0.2) is 0 Å². The molecule has 0 fully saturated rings. The van der Waals surface area contributed by atoms with E-state index in [-0.39, 0.29) is 25.9 Å². The Labute approximate surface area is 154 Å². The van der Waals surface area contributed by atoms with Crippen molar-refractivity contribution in [3.05, 3.63) is 27.1 Å². The maximum Gasteiger partial charge on any atom is 0.348 e. The molecule has 0 bridgehead atoms. The van der Waals surface area contributed by atoms with Crippen molar-refractivity contribution in [3.8, 4) is 0 Å². The van der Waals surface area contributed by atoms with Crippen LogP contribution in [0.1, 0.15) is 36.0 Å². The van der Waals surface area contributed by atoms with E-state index in [1.807, 2.05) is 13.8 Å². The van der Waals surface area contributed by atoms with Gasteiger partial charge in [-0.25, -0.2) is 9.78 Å². The van der Waals surface area contributed by atoms with E-state index in [9.17, 15) is 14.4 Å². The van der Waals surface area contributed by atoms with E-state index < -0.39 is 17.5 Å². The van der Waals surface area contributed by atoms with Crippen LogP contribution >= 0.6 is 11.3 Å². The average molecular weight is 382 g/mol. The third-order valence-electron chi connectivity index (χ3n) is 3.48. The SMILES string of the molecule is CCOC(=O)c1sc2ncn(CC(=O)OCCOC(C)C)c(=O)c2c1C. The minimum atomic E-state index is -0.556. The Balaban J connectivity index is 2.16. The van der Waals surface area contributed by atoms with E-state index in [2.05, 4.69) is 4.98 Å². The van der Waals surface area contributed by atoms with Crippen LogP contribution in [0.15, 0.2) is 11.1 Å². The van der Waals surface area contributed by atoms with Crippen LogP contribution in [0.2, 0.25) is 0 Å². The third kappa shape index (κ3) is 4.67. The summed E-state index contributed by atoms with van der Waals surface area (Å²) in [6.07, 6.45) is 1.33. The van der Waals surface area contributed by atoms with Crippen LogP contribution in [0.25, 0.3) is 10.2 Å². The van der Waals surface area contributed by atoms with Crippen molar-refractivity contribution in [2.45, 2.75) is 40.3 Å². The number of hydrogen-bond acceptors (Lipinski definition) is 8.